The fraction of sp³-hybridized carbons (Fsp3) is 0.333. The first-order valence-corrected chi connectivity index (χ1v) is 12.1. The molecule has 0 saturated carbocycles. The first-order valence-electron chi connectivity index (χ1n) is 11.0. The maximum absolute atomic E-state index is 13.2. The minimum atomic E-state index is -0.890. The molecule has 192 valence electrons. The van der Waals surface area contributed by atoms with Gasteiger partial charge in [0.15, 0.2) is 11.0 Å². The largest absolute Gasteiger partial charge is 0.466 e. The van der Waals surface area contributed by atoms with Crippen LogP contribution in [-0.4, -0.2) is 55.4 Å². The smallest absolute Gasteiger partial charge is 0.336 e. The van der Waals surface area contributed by atoms with E-state index in [-0.39, 0.29) is 46.2 Å². The zero-order valence-electron chi connectivity index (χ0n) is 19.9. The van der Waals surface area contributed by atoms with Crippen LogP contribution in [-0.2, 0) is 23.8 Å². The highest BCUT2D eigenvalue weighted by atomic mass is 35.5. The van der Waals surface area contributed by atoms with Gasteiger partial charge in [0.2, 0.25) is 0 Å². The molecular formula is C24H25Cl3N4O5. The number of aromatic nitrogens is 2. The molecule has 0 amide bonds. The number of dihydropyridines is 1. The molecule has 12 heteroatoms. The molecule has 2 aromatic rings. The predicted octanol–water partition coefficient (Wildman–Crippen LogP) is 4.52. The van der Waals surface area contributed by atoms with Crippen LogP contribution < -0.4 is 10.6 Å². The Morgan fingerprint density at radius 1 is 1.11 bits per heavy atom. The fourth-order valence-corrected chi connectivity index (χ4v) is 4.34. The van der Waals surface area contributed by atoms with E-state index in [0.29, 0.717) is 29.3 Å². The summed E-state index contributed by atoms with van der Waals surface area (Å²) in [5.74, 6) is -1.70. The third-order valence-corrected chi connectivity index (χ3v) is 6.39. The summed E-state index contributed by atoms with van der Waals surface area (Å²) < 4.78 is 16.2. The summed E-state index contributed by atoms with van der Waals surface area (Å²) in [4.78, 5) is 34.1. The van der Waals surface area contributed by atoms with E-state index in [1.807, 2.05) is 0 Å². The Morgan fingerprint density at radius 3 is 2.56 bits per heavy atom. The van der Waals surface area contributed by atoms with Gasteiger partial charge in [0.25, 0.3) is 0 Å². The van der Waals surface area contributed by atoms with Gasteiger partial charge in [-0.2, -0.15) is 0 Å². The van der Waals surface area contributed by atoms with Crippen LogP contribution in [0.5, 0.6) is 0 Å². The van der Waals surface area contributed by atoms with Crippen LogP contribution in [0.25, 0.3) is 0 Å². The Bertz CT molecular complexity index is 1200. The van der Waals surface area contributed by atoms with Crippen molar-refractivity contribution in [3.05, 3.63) is 73.9 Å². The van der Waals surface area contributed by atoms with Crippen molar-refractivity contribution in [2.45, 2.75) is 19.8 Å². The molecular weight excluding hydrogens is 531 g/mol. The van der Waals surface area contributed by atoms with Gasteiger partial charge in [-0.05, 0) is 25.5 Å². The molecule has 1 aromatic heterocycles. The lowest BCUT2D eigenvalue weighted by atomic mass is 9.80. The second-order valence-electron chi connectivity index (χ2n) is 7.52. The standard InChI is InChI=1S/C24H25Cl3N4O5/c1-4-36-24(33)19-16(12-35-11-10-30-22-21(27)28-8-9-29-22)31-13(2)17(23(32)34-3)18(19)14-6-5-7-15(25)20(14)26/h5-9,18,31H,4,10-12H2,1-3H3,(H,29,30). The van der Waals surface area contributed by atoms with Gasteiger partial charge < -0.3 is 24.8 Å². The number of ether oxygens (including phenoxy) is 3. The number of allylic oxidation sites excluding steroid dienone is 1. The number of nitrogens with one attached hydrogen (secondary N) is 2. The first kappa shape index (κ1) is 27.7. The van der Waals surface area contributed by atoms with E-state index >= 15 is 0 Å². The van der Waals surface area contributed by atoms with E-state index in [4.69, 9.17) is 49.0 Å². The molecule has 36 heavy (non-hydrogen) atoms. The monoisotopic (exact) mass is 554 g/mol. The van der Waals surface area contributed by atoms with Crippen LogP contribution in [0.2, 0.25) is 15.2 Å². The fourth-order valence-electron chi connectivity index (χ4n) is 3.75. The number of nitrogens with zero attached hydrogens (tertiary/aromatic N) is 2. The minimum absolute atomic E-state index is 0.0184. The molecule has 1 aliphatic heterocycles. The van der Waals surface area contributed by atoms with E-state index < -0.39 is 17.9 Å². The molecule has 0 radical (unpaired) electrons. The molecule has 1 aromatic carbocycles. The zero-order chi connectivity index (χ0) is 26.2. The summed E-state index contributed by atoms with van der Waals surface area (Å²) in [5.41, 5.74) is 1.77. The van der Waals surface area contributed by atoms with Crippen LogP contribution in [0.3, 0.4) is 0 Å². The molecule has 0 bridgehead atoms. The van der Waals surface area contributed by atoms with Crippen molar-refractivity contribution in [2.24, 2.45) is 0 Å². The van der Waals surface area contributed by atoms with Crippen LogP contribution in [0.15, 0.2) is 53.1 Å². The number of rotatable bonds is 10. The number of carbonyl (C=O) groups excluding carboxylic acids is 2. The van der Waals surface area contributed by atoms with Gasteiger partial charge in [-0.25, -0.2) is 19.6 Å². The summed E-state index contributed by atoms with van der Waals surface area (Å²) in [7, 11) is 1.27. The maximum Gasteiger partial charge on any atom is 0.336 e. The average molecular weight is 556 g/mol. The molecule has 1 unspecified atom stereocenters. The van der Waals surface area contributed by atoms with E-state index in [0.717, 1.165) is 0 Å². The predicted molar refractivity (Wildman–Crippen MR) is 137 cm³/mol. The van der Waals surface area contributed by atoms with E-state index in [9.17, 15) is 9.59 Å². The summed E-state index contributed by atoms with van der Waals surface area (Å²) in [6, 6.07) is 5.02. The highest BCUT2D eigenvalue weighted by Crippen LogP contribution is 2.43. The van der Waals surface area contributed by atoms with Crippen molar-refractivity contribution in [3.63, 3.8) is 0 Å². The highest BCUT2D eigenvalue weighted by Gasteiger charge is 2.40. The van der Waals surface area contributed by atoms with Crippen LogP contribution >= 0.6 is 34.8 Å². The minimum Gasteiger partial charge on any atom is -0.466 e. The van der Waals surface area contributed by atoms with Crippen molar-refractivity contribution < 1.29 is 23.8 Å². The van der Waals surface area contributed by atoms with Gasteiger partial charge in [0, 0.05) is 24.6 Å². The Hall–Kier alpha value is -2.85. The molecule has 2 N–H and O–H groups in total. The van der Waals surface area contributed by atoms with Gasteiger partial charge in [0.05, 0.1) is 59.7 Å². The number of esters is 2. The molecule has 1 aliphatic rings. The number of methoxy groups -OCH3 is 1. The lowest BCUT2D eigenvalue weighted by Crippen LogP contribution is -2.35. The Balaban J connectivity index is 1.93. The molecule has 3 rings (SSSR count). The van der Waals surface area contributed by atoms with Gasteiger partial charge in [-0.1, -0.05) is 46.9 Å². The van der Waals surface area contributed by atoms with Gasteiger partial charge in [-0.3, -0.25) is 0 Å². The molecule has 0 fully saturated rings. The van der Waals surface area contributed by atoms with Crippen molar-refractivity contribution >= 4 is 52.6 Å². The Kier molecular flexibility index (Phi) is 9.95. The van der Waals surface area contributed by atoms with E-state index in [1.54, 1.807) is 32.0 Å². The van der Waals surface area contributed by atoms with E-state index in [2.05, 4.69) is 20.6 Å². The van der Waals surface area contributed by atoms with Crippen molar-refractivity contribution in [3.8, 4) is 0 Å². The summed E-state index contributed by atoms with van der Waals surface area (Å²) in [6.45, 7) is 4.18. The van der Waals surface area contributed by atoms with Crippen LogP contribution in [0.4, 0.5) is 5.82 Å². The third-order valence-electron chi connectivity index (χ3n) is 5.28. The average Bonchev–Trinajstić information content (AvgIpc) is 2.85. The highest BCUT2D eigenvalue weighted by molar-refractivity contribution is 6.42. The van der Waals surface area contributed by atoms with Gasteiger partial charge >= 0.3 is 11.9 Å². The normalized spacial score (nSPS) is 15.4. The summed E-state index contributed by atoms with van der Waals surface area (Å²) in [6.07, 6.45) is 3.01. The van der Waals surface area contributed by atoms with Crippen molar-refractivity contribution in [1.29, 1.82) is 0 Å². The third kappa shape index (κ3) is 6.28. The number of hydrogen-bond donors (Lipinski definition) is 2. The summed E-state index contributed by atoms with van der Waals surface area (Å²) in [5, 5.41) is 6.89. The van der Waals surface area contributed by atoms with E-state index in [1.165, 1.54) is 19.5 Å². The molecule has 1 atom stereocenters. The number of hydrogen-bond acceptors (Lipinski definition) is 9. The second kappa shape index (κ2) is 12.9. The lowest BCUT2D eigenvalue weighted by Gasteiger charge is -2.31. The zero-order valence-corrected chi connectivity index (χ0v) is 22.1. The quantitative estimate of drug-likeness (QED) is 0.323. The first-order chi connectivity index (χ1) is 17.3. The molecule has 2 heterocycles. The van der Waals surface area contributed by atoms with Crippen molar-refractivity contribution in [2.75, 3.05) is 38.8 Å². The molecule has 9 nitrogen and oxygen atoms in total. The summed E-state index contributed by atoms with van der Waals surface area (Å²) >= 11 is 18.8. The van der Waals surface area contributed by atoms with Gasteiger partial charge in [0.1, 0.15) is 0 Å². The SMILES string of the molecule is CCOC(=O)C1=C(COCCNc2nccnc2Cl)NC(C)=C(C(=O)OC)C1c1cccc(Cl)c1Cl. The number of carbonyl (C=O) groups is 2. The molecule has 0 saturated heterocycles. The van der Waals surface area contributed by atoms with Gasteiger partial charge in [-0.15, -0.1) is 0 Å². The Morgan fingerprint density at radius 2 is 1.86 bits per heavy atom. The van der Waals surface area contributed by atoms with Crippen molar-refractivity contribution in [1.82, 2.24) is 15.3 Å². The topological polar surface area (TPSA) is 112 Å². The number of benzene rings is 1. The van der Waals surface area contributed by atoms with Crippen LogP contribution in [0.1, 0.15) is 25.3 Å². The molecule has 0 spiro atoms. The second-order valence-corrected chi connectivity index (χ2v) is 8.66. The molecule has 0 aliphatic carbocycles. The number of halogens is 3. The number of anilines is 1. The Labute approximate surface area is 223 Å². The lowest BCUT2D eigenvalue weighted by molar-refractivity contribution is -0.139. The maximum atomic E-state index is 13.2. The van der Waals surface area contributed by atoms with Crippen LogP contribution in [0, 0.1) is 0 Å².